The molecule has 2 rings (SSSR count). The Bertz CT molecular complexity index is 606. The Hall–Kier alpha value is -2.56. The summed E-state index contributed by atoms with van der Waals surface area (Å²) in [4.78, 5) is 23.7. The van der Waals surface area contributed by atoms with Gasteiger partial charge in [-0.3, -0.25) is 9.59 Å². The molecule has 1 aliphatic rings. The summed E-state index contributed by atoms with van der Waals surface area (Å²) in [5.41, 5.74) is 1.92. The van der Waals surface area contributed by atoms with Crippen molar-refractivity contribution in [1.29, 1.82) is 0 Å². The summed E-state index contributed by atoms with van der Waals surface area (Å²) < 4.78 is 5.36. The SMILES string of the molecule is C=CCOc1ccc(NC(=O)C(=O)NCCC2=CCCCC2)cc1. The van der Waals surface area contributed by atoms with Crippen LogP contribution in [0.25, 0.3) is 0 Å². The van der Waals surface area contributed by atoms with Crippen molar-refractivity contribution in [1.82, 2.24) is 5.32 Å². The number of rotatable bonds is 7. The van der Waals surface area contributed by atoms with Crippen LogP contribution in [0.1, 0.15) is 32.1 Å². The molecule has 1 aromatic rings. The van der Waals surface area contributed by atoms with Crippen LogP contribution >= 0.6 is 0 Å². The third kappa shape index (κ3) is 5.91. The first-order chi connectivity index (χ1) is 11.7. The maximum absolute atomic E-state index is 11.9. The van der Waals surface area contributed by atoms with Gasteiger partial charge in [-0.15, -0.1) is 0 Å². The van der Waals surface area contributed by atoms with Gasteiger partial charge in [-0.05, 0) is 56.4 Å². The van der Waals surface area contributed by atoms with E-state index in [1.165, 1.54) is 18.4 Å². The van der Waals surface area contributed by atoms with Crippen molar-refractivity contribution in [2.45, 2.75) is 32.1 Å². The zero-order chi connectivity index (χ0) is 17.2. The van der Waals surface area contributed by atoms with Gasteiger partial charge in [0.05, 0.1) is 0 Å². The van der Waals surface area contributed by atoms with Crippen molar-refractivity contribution in [3.63, 3.8) is 0 Å². The third-order valence-electron chi connectivity index (χ3n) is 3.80. The second-order valence-electron chi connectivity index (χ2n) is 5.69. The van der Waals surface area contributed by atoms with E-state index in [0.717, 1.165) is 19.3 Å². The van der Waals surface area contributed by atoms with Gasteiger partial charge in [-0.25, -0.2) is 0 Å². The molecule has 0 bridgehead atoms. The van der Waals surface area contributed by atoms with E-state index < -0.39 is 11.8 Å². The maximum Gasteiger partial charge on any atom is 0.313 e. The number of carbonyl (C=O) groups excluding carboxylic acids is 2. The van der Waals surface area contributed by atoms with Crippen LogP contribution in [-0.2, 0) is 9.59 Å². The van der Waals surface area contributed by atoms with Gasteiger partial charge in [0.1, 0.15) is 12.4 Å². The molecule has 5 heteroatoms. The van der Waals surface area contributed by atoms with Gasteiger partial charge in [0.15, 0.2) is 0 Å². The Kier molecular flexibility index (Phi) is 7.08. The average Bonchev–Trinajstić information content (AvgIpc) is 2.62. The second-order valence-corrected chi connectivity index (χ2v) is 5.69. The molecule has 128 valence electrons. The summed E-state index contributed by atoms with van der Waals surface area (Å²) in [6, 6.07) is 6.84. The lowest BCUT2D eigenvalue weighted by molar-refractivity contribution is -0.136. The first-order valence-electron chi connectivity index (χ1n) is 8.30. The highest BCUT2D eigenvalue weighted by Crippen LogP contribution is 2.19. The number of carbonyl (C=O) groups is 2. The monoisotopic (exact) mass is 328 g/mol. The van der Waals surface area contributed by atoms with Crippen molar-refractivity contribution < 1.29 is 14.3 Å². The molecule has 0 saturated carbocycles. The highest BCUT2D eigenvalue weighted by molar-refractivity contribution is 6.39. The van der Waals surface area contributed by atoms with E-state index in [4.69, 9.17) is 4.74 Å². The van der Waals surface area contributed by atoms with E-state index in [1.807, 2.05) is 0 Å². The minimum absolute atomic E-state index is 0.421. The number of ether oxygens (including phenoxy) is 1. The van der Waals surface area contributed by atoms with E-state index in [0.29, 0.717) is 24.6 Å². The predicted octanol–water partition coefficient (Wildman–Crippen LogP) is 3.20. The van der Waals surface area contributed by atoms with Crippen molar-refractivity contribution in [2.24, 2.45) is 0 Å². The van der Waals surface area contributed by atoms with Crippen molar-refractivity contribution in [3.05, 3.63) is 48.6 Å². The molecule has 0 unspecified atom stereocenters. The Balaban J connectivity index is 1.73. The predicted molar refractivity (Wildman–Crippen MR) is 94.9 cm³/mol. The molecular weight excluding hydrogens is 304 g/mol. The minimum atomic E-state index is -0.660. The van der Waals surface area contributed by atoms with Gasteiger partial charge in [0.25, 0.3) is 0 Å². The van der Waals surface area contributed by atoms with Gasteiger partial charge < -0.3 is 15.4 Å². The topological polar surface area (TPSA) is 67.4 Å². The van der Waals surface area contributed by atoms with E-state index >= 15 is 0 Å². The van der Waals surface area contributed by atoms with Gasteiger partial charge in [0.2, 0.25) is 0 Å². The summed E-state index contributed by atoms with van der Waals surface area (Å²) >= 11 is 0. The number of anilines is 1. The molecule has 1 aliphatic carbocycles. The summed E-state index contributed by atoms with van der Waals surface area (Å²) in [6.45, 7) is 4.49. The van der Waals surface area contributed by atoms with Crippen LogP contribution in [0, 0.1) is 0 Å². The summed E-state index contributed by atoms with van der Waals surface area (Å²) in [7, 11) is 0. The van der Waals surface area contributed by atoms with Gasteiger partial charge in [-0.1, -0.05) is 24.3 Å². The van der Waals surface area contributed by atoms with Crippen LogP contribution in [0.15, 0.2) is 48.6 Å². The summed E-state index contributed by atoms with van der Waals surface area (Å²) in [5, 5.41) is 5.23. The number of amides is 2. The fourth-order valence-electron chi connectivity index (χ4n) is 2.53. The number of hydrogen-bond donors (Lipinski definition) is 2. The molecule has 0 aliphatic heterocycles. The molecule has 5 nitrogen and oxygen atoms in total. The number of benzene rings is 1. The van der Waals surface area contributed by atoms with E-state index in [-0.39, 0.29) is 0 Å². The molecule has 0 saturated heterocycles. The van der Waals surface area contributed by atoms with Gasteiger partial charge >= 0.3 is 11.8 Å². The molecule has 1 aromatic carbocycles. The standard InChI is InChI=1S/C19H24N2O3/c1-2-14-24-17-10-8-16(9-11-17)21-19(23)18(22)20-13-12-15-6-4-3-5-7-15/h2,6,8-11H,1,3-5,7,12-14H2,(H,20,22)(H,21,23). The fourth-order valence-corrected chi connectivity index (χ4v) is 2.53. The Labute approximate surface area is 142 Å². The number of nitrogens with one attached hydrogen (secondary N) is 2. The van der Waals surface area contributed by atoms with Crippen LogP contribution in [-0.4, -0.2) is 25.0 Å². The van der Waals surface area contributed by atoms with Crippen LogP contribution in [0.4, 0.5) is 5.69 Å². The third-order valence-corrected chi connectivity index (χ3v) is 3.80. The van der Waals surface area contributed by atoms with Crippen LogP contribution in [0.3, 0.4) is 0 Å². The van der Waals surface area contributed by atoms with E-state index in [2.05, 4.69) is 23.3 Å². The number of hydrogen-bond acceptors (Lipinski definition) is 3. The normalized spacial score (nSPS) is 13.6. The van der Waals surface area contributed by atoms with Gasteiger partial charge in [-0.2, -0.15) is 0 Å². The lowest BCUT2D eigenvalue weighted by Gasteiger charge is -2.13. The molecular formula is C19H24N2O3. The first-order valence-corrected chi connectivity index (χ1v) is 8.30. The number of allylic oxidation sites excluding steroid dienone is 1. The molecule has 0 spiro atoms. The van der Waals surface area contributed by atoms with Crippen LogP contribution in [0.2, 0.25) is 0 Å². The van der Waals surface area contributed by atoms with Crippen molar-refractivity contribution >= 4 is 17.5 Å². The summed E-state index contributed by atoms with van der Waals surface area (Å²) in [5.74, 6) is -0.594. The smallest absolute Gasteiger partial charge is 0.313 e. The molecule has 2 amide bonds. The zero-order valence-electron chi connectivity index (χ0n) is 13.8. The van der Waals surface area contributed by atoms with Crippen molar-refractivity contribution in [2.75, 3.05) is 18.5 Å². The molecule has 2 N–H and O–H groups in total. The molecule has 0 heterocycles. The van der Waals surface area contributed by atoms with Crippen molar-refractivity contribution in [3.8, 4) is 5.75 Å². The highest BCUT2D eigenvalue weighted by Gasteiger charge is 2.13. The minimum Gasteiger partial charge on any atom is -0.490 e. The molecule has 0 atom stereocenters. The Morgan fingerprint density at radius 2 is 1.96 bits per heavy atom. The lowest BCUT2D eigenvalue weighted by atomic mass is 9.97. The largest absolute Gasteiger partial charge is 0.490 e. The molecule has 0 radical (unpaired) electrons. The Morgan fingerprint density at radius 3 is 2.62 bits per heavy atom. The molecule has 24 heavy (non-hydrogen) atoms. The maximum atomic E-state index is 11.9. The van der Waals surface area contributed by atoms with Gasteiger partial charge in [0, 0.05) is 12.2 Å². The molecule has 0 aromatic heterocycles. The highest BCUT2D eigenvalue weighted by atomic mass is 16.5. The lowest BCUT2D eigenvalue weighted by Crippen LogP contribution is -2.36. The van der Waals surface area contributed by atoms with E-state index in [9.17, 15) is 9.59 Å². The van der Waals surface area contributed by atoms with Crippen LogP contribution in [0.5, 0.6) is 5.75 Å². The first kappa shape index (κ1) is 17.8. The van der Waals surface area contributed by atoms with Crippen LogP contribution < -0.4 is 15.4 Å². The molecule has 0 fully saturated rings. The second kappa shape index (κ2) is 9.55. The average molecular weight is 328 g/mol. The summed E-state index contributed by atoms with van der Waals surface area (Å²) in [6.07, 6.45) is 9.39. The quantitative estimate of drug-likeness (QED) is 0.596. The fraction of sp³-hybridized carbons (Fsp3) is 0.368. The van der Waals surface area contributed by atoms with E-state index in [1.54, 1.807) is 30.3 Å². The Morgan fingerprint density at radius 1 is 1.17 bits per heavy atom. The zero-order valence-corrected chi connectivity index (χ0v) is 13.8.